The van der Waals surface area contributed by atoms with Crippen LogP contribution in [-0.4, -0.2) is 53.6 Å². The van der Waals surface area contributed by atoms with E-state index < -0.39 is 0 Å². The lowest BCUT2D eigenvalue weighted by Crippen LogP contribution is -2.08. The molecule has 15 aromatic carbocycles. The Hall–Kier alpha value is -15.2. The predicted octanol–water partition coefficient (Wildman–Crippen LogP) is 25.4. The summed E-state index contributed by atoms with van der Waals surface area (Å²) < 4.78 is 15.6. The first-order valence-electron chi connectivity index (χ1n) is 37.7. The molecule has 0 fully saturated rings. The lowest BCUT2D eigenvalue weighted by atomic mass is 9.95. The van der Waals surface area contributed by atoms with Crippen LogP contribution in [0.3, 0.4) is 0 Å². The third-order valence-corrected chi connectivity index (χ3v) is 23.1. The smallest absolute Gasteiger partial charge is 0.238 e. The van der Waals surface area contributed by atoms with Gasteiger partial charge in [-0.2, -0.15) is 19.9 Å². The number of hydrogen-bond donors (Lipinski definition) is 0. The van der Waals surface area contributed by atoms with Gasteiger partial charge >= 0.3 is 0 Å². The molecule has 0 atom stereocenters. The molecule has 8 heterocycles. The second kappa shape index (κ2) is 25.7. The molecule has 23 aromatic rings. The minimum atomic E-state index is 0.462. The van der Waals surface area contributed by atoms with Crippen molar-refractivity contribution in [1.82, 2.24) is 53.6 Å². The van der Waals surface area contributed by atoms with Gasteiger partial charge in [0.2, 0.25) is 17.8 Å². The number of furan rings is 1. The summed E-state index contributed by atoms with van der Waals surface area (Å²) in [6.07, 6.45) is 0. The summed E-state index contributed by atoms with van der Waals surface area (Å²) in [5.41, 5.74) is 20.7. The van der Waals surface area contributed by atoms with Gasteiger partial charge in [-0.3, -0.25) is 13.7 Å². The van der Waals surface area contributed by atoms with E-state index in [-0.39, 0.29) is 0 Å². The number of thiophene rings is 1. The number of aromatic nitrogens is 11. The summed E-state index contributed by atoms with van der Waals surface area (Å²) in [6, 6.07) is 125. The molecule has 113 heavy (non-hydrogen) atoms. The Labute approximate surface area is 649 Å². The number of benzene rings is 15. The first kappa shape index (κ1) is 63.9. The summed E-state index contributed by atoms with van der Waals surface area (Å²) in [7, 11) is 0. The molecule has 0 bridgehead atoms. The lowest BCUT2D eigenvalue weighted by Gasteiger charge is -2.15. The van der Waals surface area contributed by atoms with Gasteiger partial charge < -0.3 is 4.42 Å². The van der Waals surface area contributed by atoms with E-state index in [9.17, 15) is 0 Å². The molecule has 0 unspecified atom stereocenters. The fraction of sp³-hybridized carbons (Fsp3) is 0. The van der Waals surface area contributed by atoms with E-state index in [2.05, 4.69) is 275 Å². The summed E-state index contributed by atoms with van der Waals surface area (Å²) in [4.78, 5) is 43.8. The third-order valence-electron chi connectivity index (χ3n) is 22.0. The van der Waals surface area contributed by atoms with Crippen LogP contribution in [-0.2, 0) is 0 Å². The maximum Gasteiger partial charge on any atom is 0.238 e. The summed E-state index contributed by atoms with van der Waals surface area (Å²) >= 11 is 1.81. The largest absolute Gasteiger partial charge is 0.455 e. The molecule has 12 nitrogen and oxygen atoms in total. The molecule has 23 rings (SSSR count). The standard InChI is InChI=1S/C100H59N11OS/c1-7-26-62(27-8-1)81-59-82(63-28-9-2-10-29-63)102-98(101-81)111-84-44-23-20-40-75(84)90-76(56-80-71-38-19-22-43-83(71)110(91(80)92(90)111)100-107-96(66-34-15-5-16-35-66)104-97(108-100)67-36-17-6-18-37-67)69-51-53-85-77(54-69)78-58-89-79(57-86(78)109(85)99-105-94(64-30-11-3-12-31-64)103-95(106-99)65-32-13-4-14-33-65)73-52-50-68(55-88(73)113-89)60-46-48-61(49-47-60)70-41-25-42-74-72-39-21-24-45-87(72)112-93(70)74/h1-59H. The van der Waals surface area contributed by atoms with Gasteiger partial charge in [-0.1, -0.05) is 297 Å². The number of nitrogens with zero attached hydrogens (tertiary/aromatic N) is 11. The second-order valence-corrected chi connectivity index (χ2v) is 29.6. The van der Waals surface area contributed by atoms with Crippen molar-refractivity contribution in [3.05, 3.63) is 358 Å². The highest BCUT2D eigenvalue weighted by molar-refractivity contribution is 7.26. The van der Waals surface area contributed by atoms with Crippen LogP contribution in [0.2, 0.25) is 0 Å². The van der Waals surface area contributed by atoms with Crippen molar-refractivity contribution >= 4 is 119 Å². The Balaban J connectivity index is 0.789. The van der Waals surface area contributed by atoms with Crippen molar-refractivity contribution in [2.24, 2.45) is 0 Å². The second-order valence-electron chi connectivity index (χ2n) is 28.6. The molecule has 0 N–H and O–H groups in total. The molecule has 0 amide bonds. The Morgan fingerprint density at radius 1 is 0.221 bits per heavy atom. The van der Waals surface area contributed by atoms with Crippen LogP contribution >= 0.6 is 11.3 Å². The summed E-state index contributed by atoms with van der Waals surface area (Å²) in [5, 5.41) is 10.6. The van der Waals surface area contributed by atoms with Crippen molar-refractivity contribution in [3.63, 3.8) is 0 Å². The van der Waals surface area contributed by atoms with Gasteiger partial charge in [0.05, 0.1) is 44.5 Å². The van der Waals surface area contributed by atoms with Crippen molar-refractivity contribution in [3.8, 4) is 119 Å². The molecule has 0 radical (unpaired) electrons. The Bertz CT molecular complexity index is 7600. The fourth-order valence-corrected chi connectivity index (χ4v) is 17.9. The number of hydrogen-bond acceptors (Lipinski definition) is 10. The minimum absolute atomic E-state index is 0.462. The zero-order valence-corrected chi connectivity index (χ0v) is 61.1. The highest BCUT2D eigenvalue weighted by atomic mass is 32.1. The van der Waals surface area contributed by atoms with E-state index in [0.29, 0.717) is 41.1 Å². The molecular formula is C100H59N11OS. The van der Waals surface area contributed by atoms with Crippen molar-refractivity contribution < 1.29 is 4.42 Å². The van der Waals surface area contributed by atoms with Crippen LogP contribution in [0.5, 0.6) is 0 Å². The lowest BCUT2D eigenvalue weighted by molar-refractivity contribution is 0.670. The summed E-state index contributed by atoms with van der Waals surface area (Å²) in [5.74, 6) is 3.70. The molecular weight excluding hydrogens is 1400 g/mol. The van der Waals surface area contributed by atoms with E-state index >= 15 is 0 Å². The fourth-order valence-electron chi connectivity index (χ4n) is 16.8. The zero-order chi connectivity index (χ0) is 74.2. The van der Waals surface area contributed by atoms with Gasteiger partial charge in [0, 0.05) is 102 Å². The van der Waals surface area contributed by atoms with Gasteiger partial charge in [-0.15, -0.1) is 11.3 Å². The Morgan fingerprint density at radius 2 is 0.673 bits per heavy atom. The maximum atomic E-state index is 6.50. The minimum Gasteiger partial charge on any atom is -0.455 e. The van der Waals surface area contributed by atoms with Crippen LogP contribution in [0, 0.1) is 0 Å². The third kappa shape index (κ3) is 10.5. The van der Waals surface area contributed by atoms with Crippen molar-refractivity contribution in [2.45, 2.75) is 0 Å². The first-order chi connectivity index (χ1) is 56.0. The quantitative estimate of drug-likeness (QED) is 0.117. The topological polar surface area (TPSA) is 131 Å². The average Bonchev–Trinajstić information content (AvgIpc) is 1.53. The summed E-state index contributed by atoms with van der Waals surface area (Å²) in [6.45, 7) is 0. The molecule has 0 aliphatic carbocycles. The van der Waals surface area contributed by atoms with Crippen LogP contribution in [0.25, 0.3) is 227 Å². The number of fused-ring (bicyclic) bond motifs is 16. The van der Waals surface area contributed by atoms with E-state index in [0.717, 1.165) is 181 Å². The normalized spacial score (nSPS) is 11.9. The number of rotatable bonds is 12. The van der Waals surface area contributed by atoms with E-state index in [4.69, 9.17) is 44.3 Å². The molecule has 0 saturated carbocycles. The molecule has 0 saturated heterocycles. The number of para-hydroxylation sites is 4. The monoisotopic (exact) mass is 1460 g/mol. The highest BCUT2D eigenvalue weighted by Crippen LogP contribution is 2.49. The molecule has 0 aliphatic heterocycles. The van der Waals surface area contributed by atoms with Crippen molar-refractivity contribution in [1.29, 1.82) is 0 Å². The van der Waals surface area contributed by atoms with Crippen LogP contribution < -0.4 is 0 Å². The van der Waals surface area contributed by atoms with Gasteiger partial charge in [0.1, 0.15) is 11.2 Å². The highest BCUT2D eigenvalue weighted by Gasteiger charge is 2.30. The molecule has 13 heteroatoms. The Kier molecular flexibility index (Phi) is 14.6. The van der Waals surface area contributed by atoms with Gasteiger partial charge in [0.25, 0.3) is 0 Å². The van der Waals surface area contributed by atoms with Gasteiger partial charge in [-0.25, -0.2) is 19.9 Å². The van der Waals surface area contributed by atoms with E-state index in [1.54, 1.807) is 0 Å². The Morgan fingerprint density at radius 3 is 1.27 bits per heavy atom. The predicted molar refractivity (Wildman–Crippen MR) is 461 cm³/mol. The van der Waals surface area contributed by atoms with Crippen LogP contribution in [0.1, 0.15) is 0 Å². The molecule has 0 spiro atoms. The van der Waals surface area contributed by atoms with Gasteiger partial charge in [-0.05, 0) is 88.5 Å². The van der Waals surface area contributed by atoms with E-state index in [1.807, 2.05) is 108 Å². The van der Waals surface area contributed by atoms with Crippen LogP contribution in [0.4, 0.5) is 0 Å². The first-order valence-corrected chi connectivity index (χ1v) is 38.5. The SMILES string of the molecule is c1ccc(-c2cc(-c3ccccc3)nc(-n3c4ccccc4c4c(-c5ccc6c(c5)c5cc7sc8cc(-c9ccc(-c%10cccc%11c%10oc%10ccccc%10%11)cc9)ccc8c7cc5n6-c5nc(-c6ccccc6)nc(-c6ccccc6)n5)cc5c6ccccc6n(-c6nc(-c7ccccc7)nc(-c7ccccc7)n6)c5c43)n2)cc1. The van der Waals surface area contributed by atoms with Gasteiger partial charge in [0.15, 0.2) is 23.3 Å². The molecule has 8 aromatic heterocycles. The zero-order valence-electron chi connectivity index (χ0n) is 60.3. The average molecular weight is 1460 g/mol. The van der Waals surface area contributed by atoms with E-state index in [1.165, 1.54) is 4.70 Å². The van der Waals surface area contributed by atoms with Crippen LogP contribution in [0.15, 0.2) is 362 Å². The maximum absolute atomic E-state index is 6.50. The molecule has 0 aliphatic rings. The van der Waals surface area contributed by atoms with Crippen molar-refractivity contribution in [2.75, 3.05) is 0 Å². The molecule has 526 valence electrons.